The molecule has 0 aromatic carbocycles. The Morgan fingerprint density at radius 2 is 1.90 bits per heavy atom. The summed E-state index contributed by atoms with van der Waals surface area (Å²) in [7, 11) is 0. The van der Waals surface area contributed by atoms with E-state index in [2.05, 4.69) is 29.5 Å². The van der Waals surface area contributed by atoms with E-state index in [1.165, 1.54) is 25.7 Å². The van der Waals surface area contributed by atoms with E-state index < -0.39 is 5.60 Å². The van der Waals surface area contributed by atoms with Crippen LogP contribution in [0.15, 0.2) is 4.99 Å². The molecule has 0 heterocycles. The molecule has 2 atom stereocenters. The van der Waals surface area contributed by atoms with Crippen molar-refractivity contribution in [1.82, 2.24) is 10.6 Å². The van der Waals surface area contributed by atoms with Crippen LogP contribution in [-0.2, 0) is 0 Å². The molecule has 1 rings (SSSR count). The minimum Gasteiger partial charge on any atom is -0.388 e. The van der Waals surface area contributed by atoms with Crippen molar-refractivity contribution in [1.29, 1.82) is 0 Å². The number of hydrogen-bond donors (Lipinski definition) is 3. The highest BCUT2D eigenvalue weighted by atomic mass is 127. The highest BCUT2D eigenvalue weighted by Gasteiger charge is 2.23. The fraction of sp³-hybridized carbons (Fsp3) is 0.938. The molecule has 1 saturated carbocycles. The Kier molecular flexibility index (Phi) is 10.6. The van der Waals surface area contributed by atoms with Crippen molar-refractivity contribution in [3.05, 3.63) is 0 Å². The van der Waals surface area contributed by atoms with E-state index >= 15 is 0 Å². The maximum atomic E-state index is 10.3. The van der Waals surface area contributed by atoms with Gasteiger partial charge < -0.3 is 15.7 Å². The first kappa shape index (κ1) is 21.0. The molecule has 0 aromatic rings. The highest BCUT2D eigenvalue weighted by molar-refractivity contribution is 14.0. The van der Waals surface area contributed by atoms with Crippen LogP contribution in [0.3, 0.4) is 0 Å². The van der Waals surface area contributed by atoms with Crippen molar-refractivity contribution < 1.29 is 5.11 Å². The standard InChI is InChI=1S/C16H33N3O.HI/c1-5-16(20,6-2)12-18-15(17-7-3)19-14-10-8-9-13(4)11-14;/h13-14,20H,5-12H2,1-4H3,(H2,17,18,19);1H. The first-order chi connectivity index (χ1) is 9.53. The van der Waals surface area contributed by atoms with Crippen molar-refractivity contribution in [2.75, 3.05) is 13.1 Å². The third kappa shape index (κ3) is 7.68. The van der Waals surface area contributed by atoms with Crippen molar-refractivity contribution in [2.24, 2.45) is 10.9 Å². The molecule has 2 unspecified atom stereocenters. The number of aliphatic imine (C=N–C) groups is 1. The molecule has 3 N–H and O–H groups in total. The summed E-state index contributed by atoms with van der Waals surface area (Å²) in [5, 5.41) is 17.2. The summed E-state index contributed by atoms with van der Waals surface area (Å²) in [5.41, 5.74) is -0.664. The van der Waals surface area contributed by atoms with Crippen molar-refractivity contribution in [2.45, 2.75) is 77.9 Å². The molecule has 1 aliphatic carbocycles. The van der Waals surface area contributed by atoms with Gasteiger partial charge in [-0.2, -0.15) is 0 Å². The number of rotatable bonds is 6. The van der Waals surface area contributed by atoms with Crippen LogP contribution in [0.25, 0.3) is 0 Å². The summed E-state index contributed by atoms with van der Waals surface area (Å²) < 4.78 is 0. The van der Waals surface area contributed by atoms with Gasteiger partial charge in [-0.3, -0.25) is 4.99 Å². The third-order valence-electron chi connectivity index (χ3n) is 4.47. The van der Waals surface area contributed by atoms with Crippen LogP contribution < -0.4 is 10.6 Å². The van der Waals surface area contributed by atoms with E-state index in [4.69, 9.17) is 0 Å². The first-order valence-corrected chi connectivity index (χ1v) is 8.30. The Labute approximate surface area is 147 Å². The van der Waals surface area contributed by atoms with Crippen LogP contribution in [0.1, 0.15) is 66.2 Å². The van der Waals surface area contributed by atoms with Gasteiger partial charge in [0.2, 0.25) is 0 Å². The van der Waals surface area contributed by atoms with Gasteiger partial charge in [-0.05, 0) is 38.5 Å². The van der Waals surface area contributed by atoms with Gasteiger partial charge in [-0.1, -0.05) is 33.6 Å². The molecule has 0 saturated heterocycles. The third-order valence-corrected chi connectivity index (χ3v) is 4.47. The average molecular weight is 411 g/mol. The molecule has 0 radical (unpaired) electrons. The Balaban J connectivity index is 0.00000400. The van der Waals surface area contributed by atoms with Crippen LogP contribution >= 0.6 is 24.0 Å². The molecule has 4 nitrogen and oxygen atoms in total. The number of halogens is 1. The lowest BCUT2D eigenvalue weighted by Gasteiger charge is -2.29. The molecule has 0 amide bonds. The predicted molar refractivity (Wildman–Crippen MR) is 101 cm³/mol. The Morgan fingerprint density at radius 3 is 2.43 bits per heavy atom. The summed E-state index contributed by atoms with van der Waals surface area (Å²) in [6.07, 6.45) is 6.57. The Hall–Kier alpha value is -0.0400. The van der Waals surface area contributed by atoms with Gasteiger partial charge in [-0.25, -0.2) is 0 Å². The second-order valence-electron chi connectivity index (χ2n) is 6.24. The van der Waals surface area contributed by atoms with Crippen LogP contribution in [0, 0.1) is 5.92 Å². The van der Waals surface area contributed by atoms with Gasteiger partial charge in [0.15, 0.2) is 5.96 Å². The number of hydrogen-bond acceptors (Lipinski definition) is 2. The fourth-order valence-electron chi connectivity index (χ4n) is 2.78. The molecule has 0 aromatic heterocycles. The highest BCUT2D eigenvalue weighted by Crippen LogP contribution is 2.23. The quantitative estimate of drug-likeness (QED) is 0.357. The summed E-state index contributed by atoms with van der Waals surface area (Å²) >= 11 is 0. The molecule has 5 heteroatoms. The summed E-state index contributed by atoms with van der Waals surface area (Å²) in [5.74, 6) is 1.65. The summed E-state index contributed by atoms with van der Waals surface area (Å²) in [6, 6.07) is 0.521. The molecular formula is C16H34IN3O. The predicted octanol–water partition coefficient (Wildman–Crippen LogP) is 3.29. The molecule has 1 aliphatic rings. The van der Waals surface area contributed by atoms with Gasteiger partial charge in [0.1, 0.15) is 0 Å². The monoisotopic (exact) mass is 411 g/mol. The van der Waals surface area contributed by atoms with E-state index in [0.29, 0.717) is 12.6 Å². The first-order valence-electron chi connectivity index (χ1n) is 8.30. The van der Waals surface area contributed by atoms with E-state index in [1.54, 1.807) is 0 Å². The van der Waals surface area contributed by atoms with E-state index in [9.17, 15) is 5.11 Å². The van der Waals surface area contributed by atoms with E-state index in [-0.39, 0.29) is 24.0 Å². The van der Waals surface area contributed by atoms with Crippen molar-refractivity contribution in [3.63, 3.8) is 0 Å². The normalized spacial score (nSPS) is 23.4. The van der Waals surface area contributed by atoms with Crippen LogP contribution in [-0.4, -0.2) is 35.8 Å². The lowest BCUT2D eigenvalue weighted by molar-refractivity contribution is 0.0417. The zero-order chi connectivity index (χ0) is 15.0. The van der Waals surface area contributed by atoms with Gasteiger partial charge >= 0.3 is 0 Å². The lowest BCUT2D eigenvalue weighted by atomic mass is 9.87. The molecule has 0 bridgehead atoms. The van der Waals surface area contributed by atoms with E-state index in [0.717, 1.165) is 31.3 Å². The van der Waals surface area contributed by atoms with E-state index in [1.807, 2.05) is 13.8 Å². The summed E-state index contributed by atoms with van der Waals surface area (Å²) in [6.45, 7) is 9.75. The second-order valence-corrected chi connectivity index (χ2v) is 6.24. The minimum atomic E-state index is -0.664. The molecule has 0 aliphatic heterocycles. The smallest absolute Gasteiger partial charge is 0.191 e. The summed E-state index contributed by atoms with van der Waals surface area (Å²) in [4.78, 5) is 4.59. The molecule has 126 valence electrons. The van der Waals surface area contributed by atoms with Crippen LogP contribution in [0.4, 0.5) is 0 Å². The van der Waals surface area contributed by atoms with Gasteiger partial charge in [0, 0.05) is 12.6 Å². The van der Waals surface area contributed by atoms with Crippen LogP contribution in [0.5, 0.6) is 0 Å². The molecule has 1 fully saturated rings. The van der Waals surface area contributed by atoms with Crippen molar-refractivity contribution in [3.8, 4) is 0 Å². The average Bonchev–Trinajstić information content (AvgIpc) is 2.45. The number of aliphatic hydroxyl groups is 1. The second kappa shape index (κ2) is 10.6. The molecule has 21 heavy (non-hydrogen) atoms. The van der Waals surface area contributed by atoms with Gasteiger partial charge in [0.05, 0.1) is 12.1 Å². The lowest BCUT2D eigenvalue weighted by Crippen LogP contribution is -2.46. The Bertz CT molecular complexity index is 306. The maximum Gasteiger partial charge on any atom is 0.191 e. The maximum absolute atomic E-state index is 10.3. The topological polar surface area (TPSA) is 56.7 Å². The van der Waals surface area contributed by atoms with Crippen molar-refractivity contribution >= 4 is 29.9 Å². The fourth-order valence-corrected chi connectivity index (χ4v) is 2.78. The SMILES string of the molecule is CCNC(=NCC(O)(CC)CC)NC1CCCC(C)C1.I. The van der Waals surface area contributed by atoms with Gasteiger partial charge in [0.25, 0.3) is 0 Å². The number of nitrogens with zero attached hydrogens (tertiary/aromatic N) is 1. The zero-order valence-electron chi connectivity index (χ0n) is 14.1. The molecule has 0 spiro atoms. The number of nitrogens with one attached hydrogen (secondary N) is 2. The largest absolute Gasteiger partial charge is 0.388 e. The number of guanidine groups is 1. The Morgan fingerprint density at radius 1 is 1.24 bits per heavy atom. The zero-order valence-corrected chi connectivity index (χ0v) is 16.4. The minimum absolute atomic E-state index is 0. The molecular weight excluding hydrogens is 377 g/mol. The van der Waals surface area contributed by atoms with Crippen LogP contribution in [0.2, 0.25) is 0 Å². The van der Waals surface area contributed by atoms with Gasteiger partial charge in [-0.15, -0.1) is 24.0 Å².